The molecule has 1 aromatic heterocycles. The summed E-state index contributed by atoms with van der Waals surface area (Å²) < 4.78 is 5.40. The summed E-state index contributed by atoms with van der Waals surface area (Å²) in [6, 6.07) is 1.82. The Kier molecular flexibility index (Phi) is 5.45. The lowest BCUT2D eigenvalue weighted by molar-refractivity contribution is 0.0191. The molecule has 1 amide bonds. The number of nitrogens with zero attached hydrogens (tertiary/aromatic N) is 3. The number of piperidine rings is 1. The minimum absolute atomic E-state index is 0.194. The third-order valence-corrected chi connectivity index (χ3v) is 4.36. The number of amides is 1. The topological polar surface area (TPSA) is 55.3 Å². The molecule has 0 bridgehead atoms. The van der Waals surface area contributed by atoms with Crippen LogP contribution in [0.5, 0.6) is 0 Å². The van der Waals surface area contributed by atoms with E-state index in [-0.39, 0.29) is 6.09 Å². The van der Waals surface area contributed by atoms with Crippen molar-refractivity contribution >= 4 is 17.9 Å². The Bertz CT molecular complexity index is 454. The van der Waals surface area contributed by atoms with Crippen LogP contribution < -0.4 is 0 Å². The molecular formula is C15H23N3O2S. The number of carbonyl (C=O) groups is 1. The minimum atomic E-state index is -0.422. The fourth-order valence-corrected chi connectivity index (χ4v) is 3.15. The number of ether oxygens (including phenoxy) is 1. The first-order valence-corrected chi connectivity index (χ1v) is 8.30. The fourth-order valence-electron chi connectivity index (χ4n) is 2.16. The van der Waals surface area contributed by atoms with E-state index in [1.54, 1.807) is 24.2 Å². The highest BCUT2D eigenvalue weighted by Gasteiger charge is 2.26. The van der Waals surface area contributed by atoms with Crippen molar-refractivity contribution in [3.8, 4) is 0 Å². The summed E-state index contributed by atoms with van der Waals surface area (Å²) in [5.74, 6) is 1.61. The van der Waals surface area contributed by atoms with Crippen LogP contribution in [0.25, 0.3) is 0 Å². The Morgan fingerprint density at radius 3 is 2.52 bits per heavy atom. The van der Waals surface area contributed by atoms with E-state index in [1.165, 1.54) is 0 Å². The molecule has 1 aromatic rings. The van der Waals surface area contributed by atoms with Crippen molar-refractivity contribution < 1.29 is 9.53 Å². The second-order valence-electron chi connectivity index (χ2n) is 6.25. The first kappa shape index (κ1) is 16.1. The van der Waals surface area contributed by atoms with Crippen LogP contribution in [-0.2, 0) is 4.74 Å². The van der Waals surface area contributed by atoms with Gasteiger partial charge in [0.05, 0.1) is 0 Å². The van der Waals surface area contributed by atoms with Gasteiger partial charge in [-0.2, -0.15) is 0 Å². The summed E-state index contributed by atoms with van der Waals surface area (Å²) in [5, 5.41) is 0.826. The molecule has 21 heavy (non-hydrogen) atoms. The molecule has 1 aliphatic rings. The van der Waals surface area contributed by atoms with Gasteiger partial charge >= 0.3 is 6.09 Å². The van der Waals surface area contributed by atoms with E-state index in [0.29, 0.717) is 5.92 Å². The number of carbonyl (C=O) groups excluding carboxylic acids is 1. The van der Waals surface area contributed by atoms with Crippen LogP contribution >= 0.6 is 11.8 Å². The maximum atomic E-state index is 12.0. The lowest BCUT2D eigenvalue weighted by atomic mass is 9.99. The predicted molar refractivity (Wildman–Crippen MR) is 83.3 cm³/mol. The van der Waals surface area contributed by atoms with E-state index in [0.717, 1.165) is 36.8 Å². The summed E-state index contributed by atoms with van der Waals surface area (Å²) in [4.78, 5) is 22.2. The van der Waals surface area contributed by atoms with Crippen LogP contribution in [0.4, 0.5) is 4.79 Å². The lowest BCUT2D eigenvalue weighted by Crippen LogP contribution is -2.42. The molecule has 2 rings (SSSR count). The monoisotopic (exact) mass is 309 g/mol. The minimum Gasteiger partial charge on any atom is -0.444 e. The summed E-state index contributed by atoms with van der Waals surface area (Å²) in [5.41, 5.74) is -0.422. The van der Waals surface area contributed by atoms with Crippen LogP contribution in [0, 0.1) is 5.92 Å². The highest BCUT2D eigenvalue weighted by Crippen LogP contribution is 2.25. The van der Waals surface area contributed by atoms with Crippen LogP contribution in [0.15, 0.2) is 23.6 Å². The Labute approximate surface area is 130 Å². The summed E-state index contributed by atoms with van der Waals surface area (Å²) in [7, 11) is 0. The van der Waals surface area contributed by atoms with Gasteiger partial charge in [-0.05, 0) is 45.6 Å². The number of rotatable bonds is 3. The highest BCUT2D eigenvalue weighted by atomic mass is 32.2. The number of likely N-dealkylation sites (tertiary alicyclic amines) is 1. The molecule has 6 heteroatoms. The third-order valence-electron chi connectivity index (χ3n) is 3.26. The van der Waals surface area contributed by atoms with E-state index >= 15 is 0 Å². The molecule has 116 valence electrons. The van der Waals surface area contributed by atoms with Crippen molar-refractivity contribution in [1.29, 1.82) is 0 Å². The van der Waals surface area contributed by atoms with Gasteiger partial charge < -0.3 is 9.64 Å². The van der Waals surface area contributed by atoms with Crippen molar-refractivity contribution in [2.45, 2.75) is 44.4 Å². The standard InChI is InChI=1S/C15H23N3O2S/c1-15(2,3)20-14(19)18-9-5-12(6-10-18)11-21-13-16-7-4-8-17-13/h4,7-8,12H,5-6,9-11H2,1-3H3. The first-order valence-electron chi connectivity index (χ1n) is 7.32. The zero-order valence-corrected chi connectivity index (χ0v) is 13.7. The van der Waals surface area contributed by atoms with Gasteiger partial charge in [-0.25, -0.2) is 14.8 Å². The van der Waals surface area contributed by atoms with Crippen molar-refractivity contribution in [3.63, 3.8) is 0 Å². The number of aromatic nitrogens is 2. The average molecular weight is 309 g/mol. The maximum Gasteiger partial charge on any atom is 0.410 e. The lowest BCUT2D eigenvalue weighted by Gasteiger charge is -2.33. The quantitative estimate of drug-likeness (QED) is 0.634. The van der Waals surface area contributed by atoms with E-state index in [1.807, 2.05) is 31.7 Å². The van der Waals surface area contributed by atoms with Gasteiger partial charge in [-0.15, -0.1) is 0 Å². The largest absolute Gasteiger partial charge is 0.444 e. The van der Waals surface area contributed by atoms with E-state index in [9.17, 15) is 4.79 Å². The molecule has 2 heterocycles. The second-order valence-corrected chi connectivity index (χ2v) is 7.24. The number of hydrogen-bond donors (Lipinski definition) is 0. The predicted octanol–water partition coefficient (Wildman–Crippen LogP) is 3.22. The van der Waals surface area contributed by atoms with E-state index in [2.05, 4.69) is 9.97 Å². The molecule has 1 aliphatic heterocycles. The molecule has 0 aromatic carbocycles. The SMILES string of the molecule is CC(C)(C)OC(=O)N1CCC(CSc2ncccn2)CC1. The van der Waals surface area contributed by atoms with Crippen molar-refractivity contribution in [3.05, 3.63) is 18.5 Å². The molecule has 5 nitrogen and oxygen atoms in total. The Morgan fingerprint density at radius 1 is 1.33 bits per heavy atom. The maximum absolute atomic E-state index is 12.0. The van der Waals surface area contributed by atoms with E-state index < -0.39 is 5.60 Å². The molecule has 0 spiro atoms. The normalized spacial score (nSPS) is 16.8. The van der Waals surface area contributed by atoms with Crippen LogP contribution in [0.1, 0.15) is 33.6 Å². The van der Waals surface area contributed by atoms with Gasteiger partial charge in [0.25, 0.3) is 0 Å². The van der Waals surface area contributed by atoms with Gasteiger partial charge in [-0.3, -0.25) is 0 Å². The molecule has 0 aliphatic carbocycles. The molecule has 0 atom stereocenters. The van der Waals surface area contributed by atoms with Crippen LogP contribution in [-0.4, -0.2) is 45.4 Å². The van der Waals surface area contributed by atoms with Crippen LogP contribution in [0.3, 0.4) is 0 Å². The smallest absolute Gasteiger partial charge is 0.410 e. The molecule has 0 N–H and O–H groups in total. The Balaban J connectivity index is 1.72. The van der Waals surface area contributed by atoms with Gasteiger partial charge in [0.2, 0.25) is 0 Å². The number of hydrogen-bond acceptors (Lipinski definition) is 5. The Hall–Kier alpha value is -1.30. The van der Waals surface area contributed by atoms with Crippen molar-refractivity contribution in [1.82, 2.24) is 14.9 Å². The molecule has 0 unspecified atom stereocenters. The summed E-state index contributed by atoms with van der Waals surface area (Å²) >= 11 is 1.69. The molecule has 0 saturated carbocycles. The Morgan fingerprint density at radius 2 is 1.95 bits per heavy atom. The molecule has 0 radical (unpaired) electrons. The van der Waals surface area contributed by atoms with Crippen LogP contribution in [0.2, 0.25) is 0 Å². The molecule has 1 saturated heterocycles. The van der Waals surface area contributed by atoms with Gasteiger partial charge in [0.1, 0.15) is 5.60 Å². The average Bonchev–Trinajstić information content (AvgIpc) is 2.45. The van der Waals surface area contributed by atoms with Gasteiger partial charge in [0.15, 0.2) is 5.16 Å². The summed E-state index contributed by atoms with van der Waals surface area (Å²) in [6.45, 7) is 7.24. The third kappa shape index (κ3) is 5.53. The zero-order chi connectivity index (χ0) is 15.3. The summed E-state index contributed by atoms with van der Waals surface area (Å²) in [6.07, 6.45) is 5.36. The first-order chi connectivity index (χ1) is 9.94. The zero-order valence-electron chi connectivity index (χ0n) is 12.9. The molecule has 1 fully saturated rings. The van der Waals surface area contributed by atoms with E-state index in [4.69, 9.17) is 4.74 Å². The van der Waals surface area contributed by atoms with Gasteiger partial charge in [-0.1, -0.05) is 11.8 Å². The van der Waals surface area contributed by atoms with Crippen molar-refractivity contribution in [2.24, 2.45) is 5.92 Å². The van der Waals surface area contributed by atoms with Gasteiger partial charge in [0, 0.05) is 31.2 Å². The molecular weight excluding hydrogens is 286 g/mol. The fraction of sp³-hybridized carbons (Fsp3) is 0.667. The van der Waals surface area contributed by atoms with Crippen molar-refractivity contribution in [2.75, 3.05) is 18.8 Å². The second kappa shape index (κ2) is 7.11. The highest BCUT2D eigenvalue weighted by molar-refractivity contribution is 7.99. The number of thioether (sulfide) groups is 1.